The van der Waals surface area contributed by atoms with Gasteiger partial charge >= 0.3 is 5.97 Å². The Labute approximate surface area is 269 Å². The number of nitrogens with one attached hydrogen (secondary N) is 2. The molecule has 0 radical (unpaired) electrons. The zero-order chi connectivity index (χ0) is 32.6. The Morgan fingerprint density at radius 3 is 2.24 bits per heavy atom. The fourth-order valence-electron chi connectivity index (χ4n) is 5.43. The van der Waals surface area contributed by atoms with E-state index >= 15 is 0 Å². The summed E-state index contributed by atoms with van der Waals surface area (Å²) in [4.78, 5) is 51.4. The zero-order valence-corrected chi connectivity index (χ0v) is 25.9. The number of anilines is 2. The lowest BCUT2D eigenvalue weighted by Gasteiger charge is -2.30. The standard InChI is InChI=1S/C33H34N6O6S/c1-45-26-17-15-25(16-18-26)39(34)32(42)23-11-9-22(10-12-23)30(40)36-27(33(43)44)19-20-7-13-24(14-8-20)35-31(41)29-28(37-38-46-29)21-5-3-2-4-6-21/h2-8,13-18,22-23,27H,9-12,19,34H2,1H3,(H,35,41)(H,36,40)(H,43,44)/t22-,23-,27-/m0/s1. The van der Waals surface area contributed by atoms with E-state index in [9.17, 15) is 24.3 Å². The Kier molecular flexibility index (Phi) is 10.4. The van der Waals surface area contributed by atoms with Crippen molar-refractivity contribution in [2.24, 2.45) is 17.7 Å². The largest absolute Gasteiger partial charge is 0.497 e. The molecule has 4 aromatic rings. The van der Waals surface area contributed by atoms with E-state index < -0.39 is 17.9 Å². The Morgan fingerprint density at radius 1 is 0.957 bits per heavy atom. The normalized spacial score (nSPS) is 16.6. The van der Waals surface area contributed by atoms with Gasteiger partial charge in [-0.15, -0.1) is 5.10 Å². The smallest absolute Gasteiger partial charge is 0.326 e. The molecule has 13 heteroatoms. The highest BCUT2D eigenvalue weighted by atomic mass is 32.1. The maximum atomic E-state index is 13.1. The number of carbonyl (C=O) groups excluding carboxylic acids is 3. The molecule has 0 saturated heterocycles. The van der Waals surface area contributed by atoms with Gasteiger partial charge in [-0.25, -0.2) is 15.6 Å². The van der Waals surface area contributed by atoms with Crippen molar-refractivity contribution in [3.8, 4) is 17.0 Å². The molecule has 1 aliphatic carbocycles. The zero-order valence-electron chi connectivity index (χ0n) is 25.1. The van der Waals surface area contributed by atoms with E-state index in [-0.39, 0.29) is 30.1 Å². The van der Waals surface area contributed by atoms with Gasteiger partial charge in [-0.05, 0) is 79.2 Å². The lowest BCUT2D eigenvalue weighted by Crippen LogP contribution is -2.47. The van der Waals surface area contributed by atoms with E-state index in [2.05, 4.69) is 20.2 Å². The van der Waals surface area contributed by atoms with Gasteiger partial charge in [0.2, 0.25) is 11.8 Å². The van der Waals surface area contributed by atoms with E-state index in [0.717, 1.165) is 22.1 Å². The van der Waals surface area contributed by atoms with Gasteiger partial charge in [-0.2, -0.15) is 0 Å². The Hall–Kier alpha value is -5.14. The van der Waals surface area contributed by atoms with Crippen molar-refractivity contribution in [1.29, 1.82) is 0 Å². The summed E-state index contributed by atoms with van der Waals surface area (Å²) in [6.45, 7) is 0. The summed E-state index contributed by atoms with van der Waals surface area (Å²) >= 11 is 1.000. The number of ether oxygens (including phenoxy) is 1. The van der Waals surface area contributed by atoms with Crippen LogP contribution in [0, 0.1) is 11.8 Å². The number of hydrazine groups is 1. The third-order valence-corrected chi connectivity index (χ3v) is 8.77. The first-order valence-corrected chi connectivity index (χ1v) is 15.5. The first kappa shape index (κ1) is 32.3. The number of benzene rings is 3. The summed E-state index contributed by atoms with van der Waals surface area (Å²) in [5, 5.41) is 20.6. The first-order chi connectivity index (χ1) is 22.2. The van der Waals surface area contributed by atoms with Gasteiger partial charge in [0, 0.05) is 29.5 Å². The third-order valence-electron chi connectivity index (χ3n) is 8.04. The fourth-order valence-corrected chi connectivity index (χ4v) is 6.01. The van der Waals surface area contributed by atoms with Gasteiger partial charge in [0.25, 0.3) is 5.91 Å². The molecule has 3 amide bonds. The summed E-state index contributed by atoms with van der Waals surface area (Å²) in [6, 6.07) is 21.8. The van der Waals surface area contributed by atoms with Crippen LogP contribution in [0.25, 0.3) is 11.3 Å². The number of methoxy groups -OCH3 is 1. The number of aromatic nitrogens is 2. The number of nitrogens with two attached hydrogens (primary N) is 1. The number of hydrogen-bond acceptors (Lipinski definition) is 9. The molecule has 1 saturated carbocycles. The SMILES string of the molecule is COc1ccc(N(N)C(=O)[C@H]2CC[C@H](C(=O)N[C@@H](Cc3ccc(NC(=O)c4snnc4-c4ccccc4)cc3)C(=O)O)CC2)cc1. The molecule has 5 rings (SSSR count). The van der Waals surface area contributed by atoms with Gasteiger partial charge in [0.15, 0.2) is 0 Å². The van der Waals surface area contributed by atoms with Crippen molar-refractivity contribution in [3.05, 3.63) is 89.3 Å². The lowest BCUT2D eigenvalue weighted by atomic mass is 9.81. The molecule has 0 aliphatic heterocycles. The number of carboxylic acids is 1. The molecule has 238 valence electrons. The quantitative estimate of drug-likeness (QED) is 0.106. The number of amides is 3. The molecule has 1 aliphatic rings. The van der Waals surface area contributed by atoms with Crippen LogP contribution in [0.2, 0.25) is 0 Å². The molecule has 1 atom stereocenters. The Bertz CT molecular complexity index is 1670. The molecule has 0 bridgehead atoms. The van der Waals surface area contributed by atoms with Crippen molar-refractivity contribution in [1.82, 2.24) is 14.9 Å². The summed E-state index contributed by atoms with van der Waals surface area (Å²) in [6.07, 6.45) is 1.89. The van der Waals surface area contributed by atoms with Crippen molar-refractivity contribution >= 4 is 46.6 Å². The van der Waals surface area contributed by atoms with Gasteiger partial charge in [0.05, 0.1) is 12.8 Å². The van der Waals surface area contributed by atoms with Gasteiger partial charge < -0.3 is 20.5 Å². The lowest BCUT2D eigenvalue weighted by molar-refractivity contribution is -0.142. The third kappa shape index (κ3) is 7.73. The van der Waals surface area contributed by atoms with E-state index in [1.165, 1.54) is 0 Å². The molecule has 1 aromatic heterocycles. The number of carboxylic acid groups (broad SMARTS) is 1. The van der Waals surface area contributed by atoms with Gasteiger partial charge in [-0.3, -0.25) is 14.4 Å². The molecule has 12 nitrogen and oxygen atoms in total. The number of aliphatic carboxylic acids is 1. The Morgan fingerprint density at radius 2 is 1.61 bits per heavy atom. The van der Waals surface area contributed by atoms with Crippen LogP contribution in [0.3, 0.4) is 0 Å². The maximum absolute atomic E-state index is 13.1. The monoisotopic (exact) mass is 642 g/mol. The summed E-state index contributed by atoms with van der Waals surface area (Å²) in [7, 11) is 1.55. The highest BCUT2D eigenvalue weighted by molar-refractivity contribution is 7.08. The second kappa shape index (κ2) is 14.8. The predicted octanol–water partition coefficient (Wildman–Crippen LogP) is 4.29. The average Bonchev–Trinajstić information content (AvgIpc) is 3.59. The van der Waals surface area contributed by atoms with Gasteiger partial charge in [-0.1, -0.05) is 47.0 Å². The second-order valence-corrected chi connectivity index (χ2v) is 11.8. The van der Waals surface area contributed by atoms with Crippen LogP contribution in [0.5, 0.6) is 5.75 Å². The highest BCUT2D eigenvalue weighted by Crippen LogP contribution is 2.31. The Balaban J connectivity index is 1.12. The molecule has 0 spiro atoms. The second-order valence-electron chi connectivity index (χ2n) is 11.0. The number of nitrogens with zero attached hydrogens (tertiary/aromatic N) is 3. The molecular weight excluding hydrogens is 608 g/mol. The van der Waals surface area contributed by atoms with Crippen LogP contribution in [0.4, 0.5) is 11.4 Å². The van der Waals surface area contributed by atoms with Crippen LogP contribution < -0.4 is 26.2 Å². The molecule has 5 N–H and O–H groups in total. The van der Waals surface area contributed by atoms with Crippen molar-refractivity contribution in [2.75, 3.05) is 17.4 Å². The maximum Gasteiger partial charge on any atom is 0.326 e. The van der Waals surface area contributed by atoms with Crippen molar-refractivity contribution < 1.29 is 29.0 Å². The molecule has 3 aromatic carbocycles. The first-order valence-electron chi connectivity index (χ1n) is 14.8. The topological polar surface area (TPSA) is 177 Å². The summed E-state index contributed by atoms with van der Waals surface area (Å²) in [5.41, 5.74) is 3.01. The van der Waals surface area contributed by atoms with E-state index in [0.29, 0.717) is 58.9 Å². The molecular formula is C33H34N6O6S. The van der Waals surface area contributed by atoms with Crippen LogP contribution in [0.1, 0.15) is 40.9 Å². The van der Waals surface area contributed by atoms with Crippen LogP contribution in [-0.4, -0.2) is 51.5 Å². The molecule has 46 heavy (non-hydrogen) atoms. The fraction of sp³-hybridized carbons (Fsp3) is 0.273. The predicted molar refractivity (Wildman–Crippen MR) is 173 cm³/mol. The van der Waals surface area contributed by atoms with Crippen molar-refractivity contribution in [2.45, 2.75) is 38.1 Å². The summed E-state index contributed by atoms with van der Waals surface area (Å²) < 4.78 is 9.07. The molecule has 0 unspecified atom stereocenters. The number of hydrogen-bond donors (Lipinski definition) is 4. The van der Waals surface area contributed by atoms with Gasteiger partial charge in [0.1, 0.15) is 22.4 Å². The van der Waals surface area contributed by atoms with E-state index in [1.54, 1.807) is 55.6 Å². The minimum Gasteiger partial charge on any atom is -0.497 e. The number of rotatable bonds is 11. The van der Waals surface area contributed by atoms with Crippen LogP contribution in [-0.2, 0) is 20.8 Å². The minimum atomic E-state index is -1.15. The average molecular weight is 643 g/mol. The number of carbonyl (C=O) groups is 4. The van der Waals surface area contributed by atoms with Crippen LogP contribution >= 0.6 is 11.5 Å². The van der Waals surface area contributed by atoms with E-state index in [4.69, 9.17) is 10.6 Å². The van der Waals surface area contributed by atoms with Crippen molar-refractivity contribution in [3.63, 3.8) is 0 Å². The highest BCUT2D eigenvalue weighted by Gasteiger charge is 2.33. The minimum absolute atomic E-state index is 0.0596. The summed E-state index contributed by atoms with van der Waals surface area (Å²) in [5.74, 6) is 3.91. The molecule has 1 heterocycles. The van der Waals surface area contributed by atoms with E-state index in [1.807, 2.05) is 30.3 Å². The molecule has 1 fully saturated rings. The van der Waals surface area contributed by atoms with Crippen LogP contribution in [0.15, 0.2) is 78.9 Å².